The Morgan fingerprint density at radius 1 is 1.08 bits per heavy atom. The van der Waals surface area contributed by atoms with Crippen LogP contribution < -0.4 is 0 Å². The lowest BCUT2D eigenvalue weighted by Crippen LogP contribution is -2.44. The van der Waals surface area contributed by atoms with Crippen LogP contribution in [0.4, 0.5) is 0 Å². The Labute approximate surface area is 151 Å². The van der Waals surface area contributed by atoms with Gasteiger partial charge in [-0.15, -0.1) is 0 Å². The van der Waals surface area contributed by atoms with E-state index in [-0.39, 0.29) is 0 Å². The number of hydrogen-bond donors (Lipinski definition) is 0. The van der Waals surface area contributed by atoms with Gasteiger partial charge in [0.15, 0.2) is 0 Å². The molecule has 3 aliphatic heterocycles. The van der Waals surface area contributed by atoms with Crippen LogP contribution in [0.25, 0.3) is 0 Å². The molecule has 0 aromatic carbocycles. The van der Waals surface area contributed by atoms with E-state index in [1.807, 2.05) is 0 Å². The molecule has 136 valence electrons. The highest BCUT2D eigenvalue weighted by Crippen LogP contribution is 2.31. The van der Waals surface area contributed by atoms with Crippen molar-refractivity contribution in [1.82, 2.24) is 14.7 Å². The second-order valence-electron chi connectivity index (χ2n) is 8.08. The second kappa shape index (κ2) is 6.86. The molecule has 0 aromatic rings. The number of nitrogens with zero attached hydrogens (tertiary/aromatic N) is 4. The molecule has 2 atom stereocenters. The van der Waals surface area contributed by atoms with Crippen molar-refractivity contribution >= 4 is 5.84 Å². The summed E-state index contributed by atoms with van der Waals surface area (Å²) in [4.78, 5) is 12.9. The Balaban J connectivity index is 1.26. The van der Waals surface area contributed by atoms with Gasteiger partial charge in [-0.1, -0.05) is 24.6 Å². The molecule has 3 fully saturated rings. The van der Waals surface area contributed by atoms with Gasteiger partial charge in [0.1, 0.15) is 5.84 Å². The van der Waals surface area contributed by atoms with Crippen LogP contribution >= 0.6 is 0 Å². The van der Waals surface area contributed by atoms with Crippen LogP contribution in [0.15, 0.2) is 28.8 Å². The predicted octanol–water partition coefficient (Wildman–Crippen LogP) is 1.52. The molecular weight excluding hydrogens is 312 g/mol. The van der Waals surface area contributed by atoms with Gasteiger partial charge in [0.05, 0.1) is 25.3 Å². The number of hydrogen-bond acceptors (Lipinski definition) is 5. The molecule has 0 amide bonds. The summed E-state index contributed by atoms with van der Waals surface area (Å²) < 4.78 is 5.48. The normalized spacial score (nSPS) is 34.0. The molecule has 5 rings (SSSR count). The van der Waals surface area contributed by atoms with E-state index >= 15 is 0 Å². The van der Waals surface area contributed by atoms with Gasteiger partial charge < -0.3 is 9.64 Å². The van der Waals surface area contributed by atoms with Crippen molar-refractivity contribution in [3.8, 4) is 0 Å². The first-order chi connectivity index (χ1) is 12.4. The molecule has 5 nitrogen and oxygen atoms in total. The Kier molecular flexibility index (Phi) is 4.40. The zero-order valence-electron chi connectivity index (χ0n) is 15.1. The third-order valence-electron chi connectivity index (χ3n) is 6.58. The molecule has 5 aliphatic rings. The van der Waals surface area contributed by atoms with Crippen LogP contribution in [0.5, 0.6) is 0 Å². The second-order valence-corrected chi connectivity index (χ2v) is 8.08. The number of fused-ring (bicyclic) bond motifs is 3. The highest BCUT2D eigenvalue weighted by molar-refractivity contribution is 5.86. The van der Waals surface area contributed by atoms with Crippen molar-refractivity contribution < 1.29 is 4.74 Å². The van der Waals surface area contributed by atoms with Crippen LogP contribution in [0, 0.1) is 0 Å². The molecule has 2 saturated heterocycles. The highest BCUT2D eigenvalue weighted by atomic mass is 16.5. The van der Waals surface area contributed by atoms with Crippen molar-refractivity contribution in [1.29, 1.82) is 0 Å². The topological polar surface area (TPSA) is 31.3 Å². The number of amidine groups is 1. The van der Waals surface area contributed by atoms with Gasteiger partial charge in [-0.25, -0.2) is 0 Å². The lowest BCUT2D eigenvalue weighted by molar-refractivity contribution is 0.0425. The molecular formula is C20H30N4O. The van der Waals surface area contributed by atoms with Gasteiger partial charge in [-0.2, -0.15) is 0 Å². The van der Waals surface area contributed by atoms with Gasteiger partial charge in [-0.3, -0.25) is 14.8 Å². The van der Waals surface area contributed by atoms with Crippen LogP contribution in [0.1, 0.15) is 25.7 Å². The molecule has 2 aliphatic carbocycles. The molecule has 2 unspecified atom stereocenters. The third kappa shape index (κ3) is 3.18. The average molecular weight is 342 g/mol. The summed E-state index contributed by atoms with van der Waals surface area (Å²) in [6, 6.07) is 1.66. The van der Waals surface area contributed by atoms with Crippen LogP contribution in [-0.4, -0.2) is 91.1 Å². The summed E-state index contributed by atoms with van der Waals surface area (Å²) in [5.41, 5.74) is 1.46. The Hall–Kier alpha value is -1.17. The monoisotopic (exact) mass is 342 g/mol. The minimum Gasteiger partial charge on any atom is -0.379 e. The van der Waals surface area contributed by atoms with E-state index in [1.54, 1.807) is 0 Å². The Morgan fingerprint density at radius 3 is 2.76 bits per heavy atom. The van der Waals surface area contributed by atoms with E-state index in [1.165, 1.54) is 43.8 Å². The molecule has 25 heavy (non-hydrogen) atoms. The maximum absolute atomic E-state index is 5.48. The van der Waals surface area contributed by atoms with Crippen LogP contribution in [-0.2, 0) is 4.74 Å². The maximum Gasteiger partial charge on any atom is 0.102 e. The quantitative estimate of drug-likeness (QED) is 0.778. The summed E-state index contributed by atoms with van der Waals surface area (Å²) in [7, 11) is 0. The minimum atomic E-state index is 0.346. The first-order valence-corrected chi connectivity index (χ1v) is 10.1. The van der Waals surface area contributed by atoms with E-state index in [4.69, 9.17) is 9.73 Å². The van der Waals surface area contributed by atoms with Crippen molar-refractivity contribution in [3.05, 3.63) is 23.8 Å². The van der Waals surface area contributed by atoms with Gasteiger partial charge in [0, 0.05) is 51.7 Å². The number of ether oxygens (including phenoxy) is 1. The molecule has 0 spiro atoms. The zero-order chi connectivity index (χ0) is 16.6. The van der Waals surface area contributed by atoms with E-state index in [0.717, 1.165) is 51.9 Å². The molecule has 0 radical (unpaired) electrons. The predicted molar refractivity (Wildman–Crippen MR) is 100 cm³/mol. The van der Waals surface area contributed by atoms with E-state index < -0.39 is 0 Å². The third-order valence-corrected chi connectivity index (χ3v) is 6.58. The number of morpholine rings is 1. The van der Waals surface area contributed by atoms with Gasteiger partial charge >= 0.3 is 0 Å². The number of rotatable bonds is 3. The summed E-state index contributed by atoms with van der Waals surface area (Å²) in [5.74, 6) is 1.35. The van der Waals surface area contributed by atoms with E-state index in [9.17, 15) is 0 Å². The molecule has 0 bridgehead atoms. The van der Waals surface area contributed by atoms with Crippen molar-refractivity contribution in [2.45, 2.75) is 43.8 Å². The van der Waals surface area contributed by atoms with Crippen molar-refractivity contribution in [2.75, 3.05) is 52.5 Å². The molecule has 5 heteroatoms. The first kappa shape index (κ1) is 16.0. The minimum absolute atomic E-state index is 0.346. The first-order valence-electron chi connectivity index (χ1n) is 10.1. The maximum atomic E-state index is 5.48. The lowest BCUT2D eigenvalue weighted by atomic mass is 9.91. The smallest absolute Gasteiger partial charge is 0.102 e. The van der Waals surface area contributed by atoms with Crippen molar-refractivity contribution in [2.24, 2.45) is 4.99 Å². The largest absolute Gasteiger partial charge is 0.379 e. The Morgan fingerprint density at radius 2 is 1.96 bits per heavy atom. The number of aliphatic imine (C=N–C) groups is 1. The van der Waals surface area contributed by atoms with Gasteiger partial charge in [-0.05, 0) is 18.4 Å². The van der Waals surface area contributed by atoms with Crippen LogP contribution in [0.3, 0.4) is 0 Å². The summed E-state index contributed by atoms with van der Waals surface area (Å²) in [5, 5.41) is 0. The van der Waals surface area contributed by atoms with Crippen LogP contribution in [0.2, 0.25) is 0 Å². The molecule has 0 N–H and O–H groups in total. The fourth-order valence-electron chi connectivity index (χ4n) is 4.84. The van der Waals surface area contributed by atoms with Gasteiger partial charge in [0.2, 0.25) is 0 Å². The highest BCUT2D eigenvalue weighted by Gasteiger charge is 2.37. The van der Waals surface area contributed by atoms with Crippen molar-refractivity contribution in [3.63, 3.8) is 0 Å². The van der Waals surface area contributed by atoms with Gasteiger partial charge in [0.25, 0.3) is 0 Å². The fraction of sp³-hybridized carbons (Fsp3) is 0.750. The Bertz CT molecular complexity index is 589. The molecule has 0 aromatic heterocycles. The standard InChI is InChI=1S/C20H30N4O/c1-2-17(3-1)23-7-6-20-21-18-5-4-16(14-19(18)24(20)9-8-23)15-22-10-12-25-13-11-22/h4-5,14,17-19H,1-3,6-13,15H2. The zero-order valence-corrected chi connectivity index (χ0v) is 15.1. The van der Waals surface area contributed by atoms with E-state index in [0.29, 0.717) is 12.1 Å². The average Bonchev–Trinajstić information content (AvgIpc) is 2.81. The SMILES string of the molecule is C1=CC2N=C3CCN(C4CCC4)CCN3C2C=C1CN1CCOCC1. The lowest BCUT2D eigenvalue weighted by Gasteiger charge is -2.37. The summed E-state index contributed by atoms with van der Waals surface area (Å²) in [6.45, 7) is 8.48. The molecule has 1 saturated carbocycles. The fourth-order valence-corrected chi connectivity index (χ4v) is 4.84. The van der Waals surface area contributed by atoms with E-state index in [2.05, 4.69) is 32.9 Å². The molecule has 3 heterocycles. The summed E-state index contributed by atoms with van der Waals surface area (Å²) in [6.07, 6.45) is 12.5. The summed E-state index contributed by atoms with van der Waals surface area (Å²) >= 11 is 0.